The Bertz CT molecular complexity index is 3090. The van der Waals surface area contributed by atoms with E-state index in [9.17, 15) is 4.39 Å². The Balaban J connectivity index is 0.000000677. The molecule has 1 unspecified atom stereocenters. The van der Waals surface area contributed by atoms with Crippen LogP contribution in [0.15, 0.2) is 170 Å². The van der Waals surface area contributed by atoms with Gasteiger partial charge in [0.25, 0.3) is 0 Å². The Labute approximate surface area is 336 Å². The van der Waals surface area contributed by atoms with Crippen LogP contribution in [-0.4, -0.2) is 19.1 Å². The van der Waals surface area contributed by atoms with Crippen molar-refractivity contribution >= 4 is 43.6 Å². The third-order valence-corrected chi connectivity index (χ3v) is 10.9. The maximum Gasteiger partial charge on any atom is 0.160 e. The molecule has 0 aliphatic heterocycles. The molecule has 5 nitrogen and oxygen atoms in total. The minimum absolute atomic E-state index is 0.241. The Hall–Kier alpha value is -7.36. The van der Waals surface area contributed by atoms with Crippen LogP contribution in [0.2, 0.25) is 0 Å². The van der Waals surface area contributed by atoms with Crippen LogP contribution in [0.3, 0.4) is 0 Å². The van der Waals surface area contributed by atoms with E-state index in [4.69, 9.17) is 15.2 Å². The number of fused-ring (bicyclic) bond motifs is 7. The fourth-order valence-electron chi connectivity index (χ4n) is 7.79. The summed E-state index contributed by atoms with van der Waals surface area (Å²) in [7, 11) is 0. The second-order valence-electron chi connectivity index (χ2n) is 14.7. The average Bonchev–Trinajstić information content (AvgIpc) is 3.80. The lowest BCUT2D eigenvalue weighted by Crippen LogP contribution is -1.99. The summed E-state index contributed by atoms with van der Waals surface area (Å²) in [6.45, 7) is 5.99. The zero-order valence-electron chi connectivity index (χ0n) is 32.6. The third kappa shape index (κ3) is 6.57. The van der Waals surface area contributed by atoms with Crippen LogP contribution in [0.1, 0.15) is 25.8 Å². The molecular weight excluding hydrogens is 714 g/mol. The van der Waals surface area contributed by atoms with E-state index >= 15 is 0 Å². The van der Waals surface area contributed by atoms with Crippen molar-refractivity contribution in [1.82, 2.24) is 19.1 Å². The largest absolute Gasteiger partial charge is 0.307 e. The van der Waals surface area contributed by atoms with Gasteiger partial charge < -0.3 is 9.13 Å². The molecule has 0 spiro atoms. The zero-order chi connectivity index (χ0) is 39.8. The highest BCUT2D eigenvalue weighted by atomic mass is 19.1. The molecule has 3 heterocycles. The number of hydrogen-bond acceptors (Lipinski definition) is 3. The number of hydrogen-bond donors (Lipinski definition) is 0. The van der Waals surface area contributed by atoms with Gasteiger partial charge in [-0.1, -0.05) is 122 Å². The van der Waals surface area contributed by atoms with Gasteiger partial charge in [-0.2, -0.15) is 5.26 Å². The molecule has 0 aliphatic rings. The summed E-state index contributed by atoms with van der Waals surface area (Å²) in [6.07, 6.45) is 0.969. The van der Waals surface area contributed by atoms with Crippen molar-refractivity contribution < 1.29 is 4.39 Å². The van der Waals surface area contributed by atoms with Crippen molar-refractivity contribution in [2.75, 3.05) is 0 Å². The number of halogens is 1. The Morgan fingerprint density at radius 3 is 1.67 bits per heavy atom. The number of rotatable bonds is 6. The number of nitrogens with zero attached hydrogens (tertiary/aromatic N) is 5. The molecule has 0 radical (unpaired) electrons. The summed E-state index contributed by atoms with van der Waals surface area (Å²) < 4.78 is 19.2. The topological polar surface area (TPSA) is 59.4 Å². The standard InChI is InChI=1S/C47H31FN4.C5H9N/c1-30-11-9-12-32(27-30)42-29-41(49-47(50-42)33-13-10-14-34(48)28-33)31-21-23-36(24-22-31)52-44-20-8-6-18-38(44)40-26-25-39-37-17-5-7-19-43(37)51(45(39)46(40)52)35-15-3-2-4-16-35;1-3-5(2)4-6/h2-29H,1H3;5H,3H2,1-2H3. The molecular formula is C52H40FN5. The first-order valence-corrected chi connectivity index (χ1v) is 19.6. The van der Waals surface area contributed by atoms with Gasteiger partial charge in [0, 0.05) is 55.5 Å². The van der Waals surface area contributed by atoms with E-state index in [-0.39, 0.29) is 11.7 Å². The van der Waals surface area contributed by atoms with Crippen LogP contribution in [-0.2, 0) is 0 Å². The van der Waals surface area contributed by atoms with Gasteiger partial charge in [-0.3, -0.25) is 0 Å². The highest BCUT2D eigenvalue weighted by molar-refractivity contribution is 6.23. The molecule has 0 aliphatic carbocycles. The van der Waals surface area contributed by atoms with E-state index < -0.39 is 0 Å². The van der Waals surface area contributed by atoms with Gasteiger partial charge in [0.05, 0.1) is 39.5 Å². The van der Waals surface area contributed by atoms with Crippen molar-refractivity contribution in [2.45, 2.75) is 27.2 Å². The number of aryl methyl sites for hydroxylation is 1. The maximum absolute atomic E-state index is 14.4. The second-order valence-corrected chi connectivity index (χ2v) is 14.7. The molecule has 3 aromatic heterocycles. The molecule has 1 atom stereocenters. The van der Waals surface area contributed by atoms with Crippen LogP contribution >= 0.6 is 0 Å². The van der Waals surface area contributed by atoms with Crippen molar-refractivity contribution in [3.63, 3.8) is 0 Å². The third-order valence-electron chi connectivity index (χ3n) is 10.9. The van der Waals surface area contributed by atoms with Gasteiger partial charge in [-0.15, -0.1) is 0 Å². The lowest BCUT2D eigenvalue weighted by atomic mass is 10.0. The van der Waals surface area contributed by atoms with Gasteiger partial charge in [0.2, 0.25) is 0 Å². The molecule has 58 heavy (non-hydrogen) atoms. The van der Waals surface area contributed by atoms with E-state index in [1.54, 1.807) is 6.07 Å². The quantitative estimate of drug-likeness (QED) is 0.170. The molecule has 0 bridgehead atoms. The van der Waals surface area contributed by atoms with Crippen molar-refractivity contribution in [2.24, 2.45) is 5.92 Å². The van der Waals surface area contributed by atoms with E-state index in [2.05, 4.69) is 156 Å². The normalized spacial score (nSPS) is 11.8. The number of aromatic nitrogens is 4. The van der Waals surface area contributed by atoms with Crippen molar-refractivity contribution in [3.05, 3.63) is 181 Å². The first-order valence-electron chi connectivity index (χ1n) is 19.6. The summed E-state index contributed by atoms with van der Waals surface area (Å²) in [5.41, 5.74) is 12.1. The highest BCUT2D eigenvalue weighted by Crippen LogP contribution is 2.42. The van der Waals surface area contributed by atoms with Crippen LogP contribution in [0.4, 0.5) is 4.39 Å². The van der Waals surface area contributed by atoms with Crippen LogP contribution in [0.25, 0.3) is 88.9 Å². The molecule has 280 valence electrons. The summed E-state index contributed by atoms with van der Waals surface area (Å²) in [5, 5.41) is 12.9. The fraction of sp³-hybridized carbons (Fsp3) is 0.0962. The van der Waals surface area contributed by atoms with Gasteiger partial charge in [-0.25, -0.2) is 14.4 Å². The van der Waals surface area contributed by atoms with Crippen LogP contribution < -0.4 is 0 Å². The average molecular weight is 754 g/mol. The van der Waals surface area contributed by atoms with Gasteiger partial charge in [0.15, 0.2) is 5.82 Å². The number of para-hydroxylation sites is 3. The smallest absolute Gasteiger partial charge is 0.160 e. The van der Waals surface area contributed by atoms with Gasteiger partial charge in [0.1, 0.15) is 5.82 Å². The van der Waals surface area contributed by atoms with Gasteiger partial charge in [-0.05, 0) is 80.9 Å². The molecule has 10 rings (SSSR count). The lowest BCUT2D eigenvalue weighted by Gasteiger charge is -2.13. The predicted molar refractivity (Wildman–Crippen MR) is 237 cm³/mol. The van der Waals surface area contributed by atoms with E-state index in [1.165, 1.54) is 44.7 Å². The summed E-state index contributed by atoms with van der Waals surface area (Å²) in [6, 6.07) is 59.9. The molecule has 10 aromatic rings. The molecule has 0 saturated carbocycles. The molecule has 0 N–H and O–H groups in total. The maximum atomic E-state index is 14.4. The van der Waals surface area contributed by atoms with E-state index in [0.29, 0.717) is 11.4 Å². The summed E-state index contributed by atoms with van der Waals surface area (Å²) >= 11 is 0. The number of nitriles is 1. The van der Waals surface area contributed by atoms with E-state index in [0.717, 1.165) is 56.9 Å². The van der Waals surface area contributed by atoms with E-state index in [1.807, 2.05) is 32.0 Å². The summed E-state index contributed by atoms with van der Waals surface area (Å²) in [4.78, 5) is 9.88. The second kappa shape index (κ2) is 15.3. The minimum Gasteiger partial charge on any atom is -0.307 e. The SMILES string of the molecule is CCC(C)C#N.Cc1cccc(-c2cc(-c3ccc(-n4c5ccccc5c5ccc6c7ccccc7n(-c7ccccc7)c6c54)cc3)nc(-c3cccc(F)c3)n2)c1. The summed E-state index contributed by atoms with van der Waals surface area (Å²) in [5.74, 6) is 0.403. The monoisotopic (exact) mass is 753 g/mol. The Morgan fingerprint density at radius 2 is 1.10 bits per heavy atom. The van der Waals surface area contributed by atoms with Crippen molar-refractivity contribution in [1.29, 1.82) is 5.26 Å². The molecule has 7 aromatic carbocycles. The minimum atomic E-state index is -0.320. The van der Waals surface area contributed by atoms with Crippen molar-refractivity contribution in [3.8, 4) is 51.3 Å². The fourth-order valence-corrected chi connectivity index (χ4v) is 7.79. The van der Waals surface area contributed by atoms with Crippen LogP contribution in [0.5, 0.6) is 0 Å². The molecule has 0 amide bonds. The molecule has 6 heteroatoms. The highest BCUT2D eigenvalue weighted by Gasteiger charge is 2.21. The Morgan fingerprint density at radius 1 is 0.552 bits per heavy atom. The first-order chi connectivity index (χ1) is 28.4. The number of benzene rings is 7. The van der Waals surface area contributed by atoms with Crippen LogP contribution in [0, 0.1) is 30.0 Å². The zero-order valence-corrected chi connectivity index (χ0v) is 32.6. The predicted octanol–water partition coefficient (Wildman–Crippen LogP) is 13.7. The Kier molecular flexibility index (Phi) is 9.57. The molecule has 0 fully saturated rings. The van der Waals surface area contributed by atoms with Gasteiger partial charge >= 0.3 is 0 Å². The lowest BCUT2D eigenvalue weighted by molar-refractivity contribution is 0.628. The molecule has 0 saturated heterocycles. The first kappa shape index (κ1) is 36.3.